The Bertz CT molecular complexity index is 521. The lowest BCUT2D eigenvalue weighted by atomic mass is 9.85. The molecule has 1 unspecified atom stereocenters. The van der Waals surface area contributed by atoms with Crippen LogP contribution in [0.4, 0.5) is 11.4 Å². The summed E-state index contributed by atoms with van der Waals surface area (Å²) in [5, 5.41) is 13.4. The normalized spacial score (nSPS) is 12.8. The van der Waals surface area contributed by atoms with E-state index in [-0.39, 0.29) is 29.5 Å². The molecule has 3 N–H and O–H groups in total. The van der Waals surface area contributed by atoms with Gasteiger partial charge < -0.3 is 11.1 Å². The van der Waals surface area contributed by atoms with Crippen molar-refractivity contribution in [2.75, 3.05) is 5.32 Å². The first-order valence-corrected chi connectivity index (χ1v) is 6.41. The summed E-state index contributed by atoms with van der Waals surface area (Å²) in [6, 6.07) is 4.24. The molecule has 1 rings (SSSR count). The number of hydrogen-bond donors (Lipinski definition) is 2. The van der Waals surface area contributed by atoms with Crippen LogP contribution < -0.4 is 11.1 Å². The number of anilines is 1. The third kappa shape index (κ3) is 4.31. The molecule has 6 nitrogen and oxygen atoms in total. The van der Waals surface area contributed by atoms with E-state index in [2.05, 4.69) is 5.32 Å². The maximum atomic E-state index is 11.9. The van der Waals surface area contributed by atoms with Crippen LogP contribution in [0, 0.1) is 22.5 Å². The van der Waals surface area contributed by atoms with E-state index in [1.165, 1.54) is 12.1 Å². The monoisotopic (exact) mass is 279 g/mol. The van der Waals surface area contributed by atoms with Crippen LogP contribution in [0.15, 0.2) is 18.2 Å². The van der Waals surface area contributed by atoms with Gasteiger partial charge in [0.1, 0.15) is 0 Å². The molecule has 0 aliphatic heterocycles. The molecule has 6 heteroatoms. The van der Waals surface area contributed by atoms with Gasteiger partial charge in [0.2, 0.25) is 5.91 Å². The lowest BCUT2D eigenvalue weighted by Crippen LogP contribution is -2.38. The number of aryl methyl sites for hydroxylation is 1. The topological polar surface area (TPSA) is 98.3 Å². The van der Waals surface area contributed by atoms with Crippen LogP contribution in [-0.4, -0.2) is 16.9 Å². The second kappa shape index (κ2) is 6.00. The number of rotatable bonds is 4. The first kappa shape index (κ1) is 16.1. The molecule has 0 heterocycles. The van der Waals surface area contributed by atoms with E-state index in [1.54, 1.807) is 13.0 Å². The van der Waals surface area contributed by atoms with E-state index in [1.807, 2.05) is 20.8 Å². The minimum atomic E-state index is -0.448. The van der Waals surface area contributed by atoms with Gasteiger partial charge in [-0.05, 0) is 24.5 Å². The molecule has 1 aromatic rings. The SMILES string of the molecule is Cc1cc(NC(=O)CC(N)C(C)(C)C)ccc1[N+](=O)[O-]. The smallest absolute Gasteiger partial charge is 0.272 e. The molecule has 0 spiro atoms. The van der Waals surface area contributed by atoms with Crippen molar-refractivity contribution < 1.29 is 9.72 Å². The summed E-state index contributed by atoms with van der Waals surface area (Å²) in [6.45, 7) is 7.55. The Balaban J connectivity index is 2.72. The molecule has 0 saturated carbocycles. The zero-order valence-corrected chi connectivity index (χ0v) is 12.3. The minimum Gasteiger partial charge on any atom is -0.327 e. The first-order chi connectivity index (χ1) is 9.11. The fourth-order valence-corrected chi connectivity index (χ4v) is 1.66. The quantitative estimate of drug-likeness (QED) is 0.653. The Labute approximate surface area is 118 Å². The maximum Gasteiger partial charge on any atom is 0.272 e. The van der Waals surface area contributed by atoms with Gasteiger partial charge in [0.15, 0.2) is 0 Å². The Morgan fingerprint density at radius 2 is 2.05 bits per heavy atom. The van der Waals surface area contributed by atoms with Crippen molar-refractivity contribution in [2.24, 2.45) is 11.1 Å². The van der Waals surface area contributed by atoms with E-state index in [0.717, 1.165) is 0 Å². The molecule has 1 amide bonds. The number of hydrogen-bond acceptors (Lipinski definition) is 4. The minimum absolute atomic E-state index is 0.0365. The first-order valence-electron chi connectivity index (χ1n) is 6.41. The average Bonchev–Trinajstić information content (AvgIpc) is 2.26. The summed E-state index contributed by atoms with van der Waals surface area (Å²) in [4.78, 5) is 22.1. The second-order valence-corrected chi connectivity index (χ2v) is 5.98. The zero-order chi connectivity index (χ0) is 15.5. The number of nitrogens with zero attached hydrogens (tertiary/aromatic N) is 1. The van der Waals surface area contributed by atoms with Crippen LogP contribution >= 0.6 is 0 Å². The number of benzene rings is 1. The Morgan fingerprint density at radius 1 is 1.45 bits per heavy atom. The van der Waals surface area contributed by atoms with Crippen LogP contribution in [0.5, 0.6) is 0 Å². The van der Waals surface area contributed by atoms with Gasteiger partial charge in [-0.15, -0.1) is 0 Å². The third-order valence-electron chi connectivity index (χ3n) is 3.19. The number of amides is 1. The predicted octanol–water partition coefficient (Wildman–Crippen LogP) is 2.61. The lowest BCUT2D eigenvalue weighted by Gasteiger charge is -2.26. The van der Waals surface area contributed by atoms with Gasteiger partial charge in [0.05, 0.1) is 4.92 Å². The number of carbonyl (C=O) groups excluding carboxylic acids is 1. The van der Waals surface area contributed by atoms with Gasteiger partial charge >= 0.3 is 0 Å². The number of nitro benzene ring substituents is 1. The molecular formula is C14H21N3O3. The Kier molecular flexibility index (Phi) is 4.83. The van der Waals surface area contributed by atoms with E-state index in [0.29, 0.717) is 11.3 Å². The number of nitro groups is 1. The van der Waals surface area contributed by atoms with Gasteiger partial charge in [-0.25, -0.2) is 0 Å². The van der Waals surface area contributed by atoms with Gasteiger partial charge in [-0.2, -0.15) is 0 Å². The van der Waals surface area contributed by atoms with Crippen LogP contribution in [0.1, 0.15) is 32.8 Å². The molecule has 0 bridgehead atoms. The largest absolute Gasteiger partial charge is 0.327 e. The molecule has 0 aliphatic rings. The van der Waals surface area contributed by atoms with Crippen molar-refractivity contribution in [3.05, 3.63) is 33.9 Å². The van der Waals surface area contributed by atoms with Crippen molar-refractivity contribution in [3.8, 4) is 0 Å². The summed E-state index contributed by atoms with van der Waals surface area (Å²) in [5.74, 6) is -0.194. The highest BCUT2D eigenvalue weighted by Gasteiger charge is 2.23. The molecule has 0 saturated heterocycles. The molecular weight excluding hydrogens is 258 g/mol. The zero-order valence-electron chi connectivity index (χ0n) is 12.3. The highest BCUT2D eigenvalue weighted by atomic mass is 16.6. The van der Waals surface area contributed by atoms with Crippen LogP contribution in [-0.2, 0) is 4.79 Å². The van der Waals surface area contributed by atoms with Crippen molar-refractivity contribution in [1.82, 2.24) is 0 Å². The van der Waals surface area contributed by atoms with E-state index >= 15 is 0 Å². The molecule has 20 heavy (non-hydrogen) atoms. The van der Waals surface area contributed by atoms with Gasteiger partial charge in [0, 0.05) is 29.8 Å². The van der Waals surface area contributed by atoms with Crippen molar-refractivity contribution >= 4 is 17.3 Å². The summed E-state index contributed by atoms with van der Waals surface area (Å²) in [6.07, 6.45) is 0.208. The molecule has 1 atom stereocenters. The second-order valence-electron chi connectivity index (χ2n) is 5.98. The molecule has 1 aromatic carbocycles. The van der Waals surface area contributed by atoms with Crippen molar-refractivity contribution in [3.63, 3.8) is 0 Å². The number of nitrogens with one attached hydrogen (secondary N) is 1. The Morgan fingerprint density at radius 3 is 2.50 bits per heavy atom. The van der Waals surface area contributed by atoms with E-state index in [9.17, 15) is 14.9 Å². The predicted molar refractivity (Wildman–Crippen MR) is 78.5 cm³/mol. The molecule has 0 aromatic heterocycles. The lowest BCUT2D eigenvalue weighted by molar-refractivity contribution is -0.385. The summed E-state index contributed by atoms with van der Waals surface area (Å²) in [7, 11) is 0. The summed E-state index contributed by atoms with van der Waals surface area (Å²) >= 11 is 0. The van der Waals surface area contributed by atoms with Crippen LogP contribution in [0.25, 0.3) is 0 Å². The molecule has 0 radical (unpaired) electrons. The van der Waals surface area contributed by atoms with Gasteiger partial charge in [0.25, 0.3) is 5.69 Å². The molecule has 110 valence electrons. The molecule has 0 aliphatic carbocycles. The van der Waals surface area contributed by atoms with Crippen LogP contribution in [0.2, 0.25) is 0 Å². The van der Waals surface area contributed by atoms with Crippen LogP contribution in [0.3, 0.4) is 0 Å². The highest BCUT2D eigenvalue weighted by Crippen LogP contribution is 2.23. The third-order valence-corrected chi connectivity index (χ3v) is 3.19. The van der Waals surface area contributed by atoms with E-state index < -0.39 is 4.92 Å². The summed E-state index contributed by atoms with van der Waals surface area (Å²) < 4.78 is 0. The molecule has 0 fully saturated rings. The van der Waals surface area contributed by atoms with E-state index in [4.69, 9.17) is 5.73 Å². The van der Waals surface area contributed by atoms with Crippen molar-refractivity contribution in [2.45, 2.75) is 40.2 Å². The summed E-state index contributed by atoms with van der Waals surface area (Å²) in [5.41, 5.74) is 6.88. The fourth-order valence-electron chi connectivity index (χ4n) is 1.66. The average molecular weight is 279 g/mol. The van der Waals surface area contributed by atoms with Gasteiger partial charge in [-0.3, -0.25) is 14.9 Å². The Hall–Kier alpha value is -1.95. The standard InChI is InChI=1S/C14H21N3O3/c1-9-7-10(5-6-11(9)17(19)20)16-13(18)8-12(15)14(2,3)4/h5-7,12H,8,15H2,1-4H3,(H,16,18). The number of nitrogens with two attached hydrogens (primary N) is 1. The fraction of sp³-hybridized carbons (Fsp3) is 0.500. The maximum absolute atomic E-state index is 11.9. The van der Waals surface area contributed by atoms with Gasteiger partial charge in [-0.1, -0.05) is 20.8 Å². The highest BCUT2D eigenvalue weighted by molar-refractivity contribution is 5.91. The van der Waals surface area contributed by atoms with Crippen molar-refractivity contribution in [1.29, 1.82) is 0 Å². The number of carbonyl (C=O) groups is 1.